The van der Waals surface area contributed by atoms with Crippen LogP contribution in [0.15, 0.2) is 18.2 Å². The first-order valence-electron chi connectivity index (χ1n) is 4.29. The second kappa shape index (κ2) is 5.04. The highest BCUT2D eigenvalue weighted by Gasteiger charge is 2.00. The van der Waals surface area contributed by atoms with Crippen LogP contribution in [-0.4, -0.2) is 0 Å². The quantitative estimate of drug-likeness (QED) is 0.741. The normalized spacial score (nSPS) is 9.62. The van der Waals surface area contributed by atoms with Gasteiger partial charge in [0.15, 0.2) is 0 Å². The molecule has 0 spiro atoms. The molecule has 1 aromatic rings. The maximum absolute atomic E-state index is 8.48. The molecule has 1 aromatic carbocycles. The molecule has 68 valence electrons. The maximum atomic E-state index is 8.48. The van der Waals surface area contributed by atoms with Crippen molar-refractivity contribution < 1.29 is 0 Å². The van der Waals surface area contributed by atoms with Gasteiger partial charge in [-0.1, -0.05) is 39.7 Å². The summed E-state index contributed by atoms with van der Waals surface area (Å²) < 4.78 is 0. The van der Waals surface area contributed by atoms with Gasteiger partial charge in [0.25, 0.3) is 0 Å². The van der Waals surface area contributed by atoms with Crippen LogP contribution in [-0.2, 0) is 11.8 Å². The van der Waals surface area contributed by atoms with Crippen LogP contribution in [0.4, 0.5) is 0 Å². The molecule has 2 heteroatoms. The Morgan fingerprint density at radius 3 is 2.77 bits per heavy atom. The number of nitrogens with zero attached hydrogens (tertiary/aromatic N) is 1. The highest BCUT2D eigenvalue weighted by molar-refractivity contribution is 9.08. The maximum Gasteiger partial charge on any atom is 0.0625 e. The number of aryl methyl sites for hydroxylation is 2. The average molecular weight is 238 g/mol. The molecule has 0 atom stereocenters. The SMILES string of the molecule is Cc1ccc(CCC#N)c(CBr)c1. The summed E-state index contributed by atoms with van der Waals surface area (Å²) in [6, 6.07) is 8.55. The van der Waals surface area contributed by atoms with E-state index in [-0.39, 0.29) is 0 Å². The highest BCUT2D eigenvalue weighted by atomic mass is 79.9. The average Bonchev–Trinajstić information content (AvgIpc) is 2.16. The van der Waals surface area contributed by atoms with Gasteiger partial charge in [0.05, 0.1) is 6.07 Å². The van der Waals surface area contributed by atoms with E-state index in [0.29, 0.717) is 6.42 Å². The molecular formula is C11H12BrN. The lowest BCUT2D eigenvalue weighted by atomic mass is 10.0. The topological polar surface area (TPSA) is 23.8 Å². The third-order valence-corrected chi connectivity index (χ3v) is 2.62. The Labute approximate surface area is 87.5 Å². The fraction of sp³-hybridized carbons (Fsp3) is 0.364. The van der Waals surface area contributed by atoms with Gasteiger partial charge in [-0.25, -0.2) is 0 Å². The Bertz CT molecular complexity index is 325. The summed E-state index contributed by atoms with van der Waals surface area (Å²) in [5.74, 6) is 0. The summed E-state index contributed by atoms with van der Waals surface area (Å²) in [6.07, 6.45) is 1.46. The van der Waals surface area contributed by atoms with Crippen molar-refractivity contribution in [3.05, 3.63) is 34.9 Å². The van der Waals surface area contributed by atoms with Gasteiger partial charge in [-0.2, -0.15) is 5.26 Å². The smallest absolute Gasteiger partial charge is 0.0625 e. The van der Waals surface area contributed by atoms with Crippen molar-refractivity contribution in [2.45, 2.75) is 25.1 Å². The third kappa shape index (κ3) is 2.86. The summed E-state index contributed by atoms with van der Waals surface area (Å²) in [4.78, 5) is 0. The van der Waals surface area contributed by atoms with E-state index in [1.54, 1.807) is 0 Å². The monoisotopic (exact) mass is 237 g/mol. The van der Waals surface area contributed by atoms with Crippen molar-refractivity contribution in [3.63, 3.8) is 0 Å². The zero-order chi connectivity index (χ0) is 9.68. The van der Waals surface area contributed by atoms with E-state index in [2.05, 4.69) is 47.1 Å². The number of hydrogen-bond donors (Lipinski definition) is 0. The van der Waals surface area contributed by atoms with E-state index < -0.39 is 0 Å². The summed E-state index contributed by atoms with van der Waals surface area (Å²) >= 11 is 3.45. The molecule has 0 unspecified atom stereocenters. The summed E-state index contributed by atoms with van der Waals surface area (Å²) in [7, 11) is 0. The molecule has 0 saturated heterocycles. The molecule has 0 aliphatic rings. The molecule has 0 heterocycles. The Kier molecular flexibility index (Phi) is 3.98. The van der Waals surface area contributed by atoms with Gasteiger partial charge < -0.3 is 0 Å². The number of nitriles is 1. The van der Waals surface area contributed by atoms with Gasteiger partial charge in [0.1, 0.15) is 0 Å². The van der Waals surface area contributed by atoms with Gasteiger partial charge in [-0.15, -0.1) is 0 Å². The lowest BCUT2D eigenvalue weighted by molar-refractivity contribution is 0.992. The van der Waals surface area contributed by atoms with Crippen LogP contribution in [0.5, 0.6) is 0 Å². The molecule has 1 rings (SSSR count). The van der Waals surface area contributed by atoms with E-state index in [9.17, 15) is 0 Å². The van der Waals surface area contributed by atoms with E-state index in [4.69, 9.17) is 5.26 Å². The molecule has 0 radical (unpaired) electrons. The molecule has 13 heavy (non-hydrogen) atoms. The van der Waals surface area contributed by atoms with Gasteiger partial charge in [0, 0.05) is 11.8 Å². The van der Waals surface area contributed by atoms with Crippen LogP contribution in [0.2, 0.25) is 0 Å². The number of alkyl halides is 1. The van der Waals surface area contributed by atoms with Gasteiger partial charge in [-0.3, -0.25) is 0 Å². The second-order valence-corrected chi connectivity index (χ2v) is 3.62. The largest absolute Gasteiger partial charge is 0.198 e. The van der Waals surface area contributed by atoms with Gasteiger partial charge in [0.2, 0.25) is 0 Å². The summed E-state index contributed by atoms with van der Waals surface area (Å²) in [5, 5.41) is 9.35. The number of benzene rings is 1. The predicted octanol–water partition coefficient (Wildman–Crippen LogP) is 3.35. The van der Waals surface area contributed by atoms with Crippen molar-refractivity contribution >= 4 is 15.9 Å². The first-order chi connectivity index (χ1) is 6.27. The van der Waals surface area contributed by atoms with Crippen LogP contribution < -0.4 is 0 Å². The minimum atomic E-state index is 0.600. The first kappa shape index (κ1) is 10.3. The first-order valence-corrected chi connectivity index (χ1v) is 5.41. The van der Waals surface area contributed by atoms with Crippen LogP contribution >= 0.6 is 15.9 Å². The van der Waals surface area contributed by atoms with E-state index in [0.717, 1.165) is 11.8 Å². The van der Waals surface area contributed by atoms with E-state index >= 15 is 0 Å². The molecule has 0 aliphatic heterocycles. The Balaban J connectivity index is 2.87. The van der Waals surface area contributed by atoms with Gasteiger partial charge >= 0.3 is 0 Å². The summed E-state index contributed by atoms with van der Waals surface area (Å²) in [5.41, 5.74) is 3.86. The van der Waals surface area contributed by atoms with Crippen molar-refractivity contribution in [3.8, 4) is 6.07 Å². The molecule has 0 bridgehead atoms. The number of rotatable bonds is 3. The molecule has 0 aromatic heterocycles. The Hall–Kier alpha value is -0.810. The zero-order valence-corrected chi connectivity index (χ0v) is 9.26. The van der Waals surface area contributed by atoms with Crippen LogP contribution in [0.3, 0.4) is 0 Å². The number of halogens is 1. The van der Waals surface area contributed by atoms with Crippen LogP contribution in [0.25, 0.3) is 0 Å². The molecule has 0 aliphatic carbocycles. The predicted molar refractivity (Wildman–Crippen MR) is 57.7 cm³/mol. The summed E-state index contributed by atoms with van der Waals surface area (Å²) in [6.45, 7) is 2.08. The molecule has 0 N–H and O–H groups in total. The van der Waals surface area contributed by atoms with Crippen molar-refractivity contribution in [2.24, 2.45) is 0 Å². The molecule has 0 fully saturated rings. The zero-order valence-electron chi connectivity index (χ0n) is 7.68. The van der Waals surface area contributed by atoms with Crippen molar-refractivity contribution in [1.29, 1.82) is 5.26 Å². The van der Waals surface area contributed by atoms with Crippen molar-refractivity contribution in [2.75, 3.05) is 0 Å². The number of hydrogen-bond acceptors (Lipinski definition) is 1. The molecule has 0 amide bonds. The molecule has 0 saturated carbocycles. The fourth-order valence-corrected chi connectivity index (χ4v) is 1.84. The highest BCUT2D eigenvalue weighted by Crippen LogP contribution is 2.16. The Morgan fingerprint density at radius 1 is 1.38 bits per heavy atom. The minimum Gasteiger partial charge on any atom is -0.198 e. The third-order valence-electron chi connectivity index (χ3n) is 2.01. The van der Waals surface area contributed by atoms with E-state index in [1.807, 2.05) is 0 Å². The van der Waals surface area contributed by atoms with Crippen LogP contribution in [0.1, 0.15) is 23.1 Å². The molecule has 1 nitrogen and oxygen atoms in total. The lowest BCUT2D eigenvalue weighted by Crippen LogP contribution is -1.92. The molecular weight excluding hydrogens is 226 g/mol. The fourth-order valence-electron chi connectivity index (χ4n) is 1.31. The minimum absolute atomic E-state index is 0.600. The van der Waals surface area contributed by atoms with E-state index in [1.165, 1.54) is 16.7 Å². The van der Waals surface area contributed by atoms with Gasteiger partial charge in [-0.05, 0) is 24.5 Å². The van der Waals surface area contributed by atoms with Crippen LogP contribution in [0, 0.1) is 18.3 Å². The second-order valence-electron chi connectivity index (χ2n) is 3.06. The van der Waals surface area contributed by atoms with Crippen molar-refractivity contribution in [1.82, 2.24) is 0 Å². The Morgan fingerprint density at radius 2 is 2.15 bits per heavy atom. The standard InChI is InChI=1S/C11H12BrN/c1-9-4-5-10(3-2-6-13)11(7-9)8-12/h4-5,7H,2-3,8H2,1H3. The lowest BCUT2D eigenvalue weighted by Gasteiger charge is -2.05.